The SMILES string of the molecule is C/C=C\C[C@@H](C)C[C@@H](C)C(=O)C1=C(O)/C(=C\c2ccc(O)cc2)NC1=O. The summed E-state index contributed by atoms with van der Waals surface area (Å²) >= 11 is 0. The lowest BCUT2D eigenvalue weighted by Crippen LogP contribution is -2.24. The standard InChI is InChI=1S/C21H25NO4/c1-4-5-6-13(2)11-14(3)19(24)18-20(25)17(22-21(18)26)12-15-7-9-16(23)10-8-15/h4-5,7-10,12-14,23,25H,6,11H2,1-3H3,(H,22,26)/b5-4-,17-12+/t13-,14-/m1/s1. The second-order valence-corrected chi connectivity index (χ2v) is 6.74. The van der Waals surface area contributed by atoms with Crippen LogP contribution in [-0.4, -0.2) is 21.9 Å². The molecule has 0 fully saturated rings. The van der Waals surface area contributed by atoms with E-state index in [4.69, 9.17) is 0 Å². The maximum absolute atomic E-state index is 12.7. The second kappa shape index (κ2) is 8.52. The van der Waals surface area contributed by atoms with Crippen molar-refractivity contribution in [2.45, 2.75) is 33.6 Å². The molecule has 1 aromatic rings. The Morgan fingerprint density at radius 3 is 2.46 bits per heavy atom. The highest BCUT2D eigenvalue weighted by molar-refractivity contribution is 6.23. The number of ketones is 1. The van der Waals surface area contributed by atoms with E-state index in [-0.39, 0.29) is 34.5 Å². The van der Waals surface area contributed by atoms with E-state index in [0.29, 0.717) is 17.9 Å². The van der Waals surface area contributed by atoms with Gasteiger partial charge in [-0.3, -0.25) is 9.59 Å². The molecule has 1 aliphatic heterocycles. The number of aromatic hydroxyl groups is 1. The van der Waals surface area contributed by atoms with Crippen LogP contribution in [0.5, 0.6) is 5.75 Å². The fourth-order valence-corrected chi connectivity index (χ4v) is 2.98. The van der Waals surface area contributed by atoms with E-state index in [1.54, 1.807) is 25.1 Å². The van der Waals surface area contributed by atoms with E-state index in [2.05, 4.69) is 18.3 Å². The van der Waals surface area contributed by atoms with E-state index in [0.717, 1.165) is 6.42 Å². The normalized spacial score (nSPS) is 18.4. The highest BCUT2D eigenvalue weighted by Gasteiger charge is 2.34. The van der Waals surface area contributed by atoms with E-state index >= 15 is 0 Å². The summed E-state index contributed by atoms with van der Waals surface area (Å²) < 4.78 is 0. The van der Waals surface area contributed by atoms with Crippen molar-refractivity contribution in [2.24, 2.45) is 11.8 Å². The highest BCUT2D eigenvalue weighted by Crippen LogP contribution is 2.26. The summed E-state index contributed by atoms with van der Waals surface area (Å²) in [6.07, 6.45) is 7.11. The minimum Gasteiger partial charge on any atom is -0.508 e. The van der Waals surface area contributed by atoms with Crippen LogP contribution in [0.25, 0.3) is 6.08 Å². The molecule has 5 nitrogen and oxygen atoms in total. The van der Waals surface area contributed by atoms with Gasteiger partial charge in [-0.05, 0) is 49.5 Å². The summed E-state index contributed by atoms with van der Waals surface area (Å²) in [5.41, 5.74) is 0.699. The van der Waals surface area contributed by atoms with E-state index in [1.165, 1.54) is 12.1 Å². The van der Waals surface area contributed by atoms with Gasteiger partial charge in [0.2, 0.25) is 0 Å². The molecule has 0 saturated heterocycles. The number of phenols is 1. The van der Waals surface area contributed by atoms with E-state index in [9.17, 15) is 19.8 Å². The molecule has 0 bridgehead atoms. The van der Waals surface area contributed by atoms with Crippen molar-refractivity contribution in [3.8, 4) is 5.75 Å². The van der Waals surface area contributed by atoms with Gasteiger partial charge in [-0.15, -0.1) is 0 Å². The Morgan fingerprint density at radius 2 is 1.85 bits per heavy atom. The Hall–Kier alpha value is -2.82. The van der Waals surface area contributed by atoms with Crippen molar-refractivity contribution in [2.75, 3.05) is 0 Å². The van der Waals surface area contributed by atoms with Gasteiger partial charge in [-0.1, -0.05) is 38.1 Å². The topological polar surface area (TPSA) is 86.6 Å². The third kappa shape index (κ3) is 4.63. The number of aliphatic hydroxyl groups is 1. The molecule has 0 unspecified atom stereocenters. The lowest BCUT2D eigenvalue weighted by Gasteiger charge is -2.15. The van der Waals surface area contributed by atoms with Gasteiger partial charge in [-0.25, -0.2) is 0 Å². The Morgan fingerprint density at radius 1 is 1.19 bits per heavy atom. The van der Waals surface area contributed by atoms with Gasteiger partial charge < -0.3 is 15.5 Å². The van der Waals surface area contributed by atoms with Gasteiger partial charge in [0.25, 0.3) is 5.91 Å². The van der Waals surface area contributed by atoms with Crippen LogP contribution >= 0.6 is 0 Å². The first kappa shape index (κ1) is 19.5. The Labute approximate surface area is 153 Å². The molecule has 3 N–H and O–H groups in total. The second-order valence-electron chi connectivity index (χ2n) is 6.74. The number of phenolic OH excluding ortho intramolecular Hbond substituents is 1. The molecule has 0 radical (unpaired) electrons. The number of hydrogen-bond donors (Lipinski definition) is 3. The van der Waals surface area contributed by atoms with Crippen LogP contribution in [0.1, 0.15) is 39.2 Å². The molecule has 0 saturated carbocycles. The van der Waals surface area contributed by atoms with Gasteiger partial charge in [0.1, 0.15) is 11.3 Å². The predicted octanol–water partition coefficient (Wildman–Crippen LogP) is 3.87. The zero-order valence-corrected chi connectivity index (χ0v) is 15.3. The molecule has 2 rings (SSSR count). The molecule has 1 amide bonds. The average Bonchev–Trinajstić information content (AvgIpc) is 2.88. The van der Waals surface area contributed by atoms with Crippen LogP contribution in [0, 0.1) is 11.8 Å². The Balaban J connectivity index is 2.18. The fraction of sp³-hybridized carbons (Fsp3) is 0.333. The molecule has 5 heteroatoms. The number of Topliss-reactive ketones (excluding diaryl/α,β-unsaturated/α-hetero) is 1. The van der Waals surface area contributed by atoms with Crippen molar-refractivity contribution in [3.05, 3.63) is 59.0 Å². The first-order valence-corrected chi connectivity index (χ1v) is 8.74. The molecule has 26 heavy (non-hydrogen) atoms. The number of rotatable bonds is 7. The number of carbonyl (C=O) groups is 2. The number of carbonyl (C=O) groups excluding carboxylic acids is 2. The highest BCUT2D eigenvalue weighted by atomic mass is 16.3. The number of hydrogen-bond acceptors (Lipinski definition) is 4. The summed E-state index contributed by atoms with van der Waals surface area (Å²) in [5.74, 6) is -1.16. The molecule has 1 heterocycles. The summed E-state index contributed by atoms with van der Waals surface area (Å²) in [7, 11) is 0. The summed E-state index contributed by atoms with van der Waals surface area (Å²) in [6.45, 7) is 5.79. The molecule has 1 aromatic carbocycles. The van der Waals surface area contributed by atoms with Gasteiger partial charge in [-0.2, -0.15) is 0 Å². The zero-order chi connectivity index (χ0) is 19.3. The summed E-state index contributed by atoms with van der Waals surface area (Å²) in [4.78, 5) is 24.9. The molecular weight excluding hydrogens is 330 g/mol. The van der Waals surface area contributed by atoms with E-state index < -0.39 is 5.91 Å². The third-order valence-electron chi connectivity index (χ3n) is 4.40. The molecule has 138 valence electrons. The average molecular weight is 355 g/mol. The van der Waals surface area contributed by atoms with Crippen LogP contribution < -0.4 is 5.32 Å². The van der Waals surface area contributed by atoms with Gasteiger partial charge in [0, 0.05) is 5.92 Å². The largest absolute Gasteiger partial charge is 0.508 e. The Kier molecular flexibility index (Phi) is 6.39. The van der Waals surface area contributed by atoms with Crippen molar-refractivity contribution < 1.29 is 19.8 Å². The number of allylic oxidation sites excluding steroid dienone is 2. The lowest BCUT2D eigenvalue weighted by atomic mass is 9.88. The minimum atomic E-state index is -0.578. The minimum absolute atomic E-state index is 0.124. The molecule has 1 aliphatic rings. The number of amides is 1. The maximum Gasteiger partial charge on any atom is 0.263 e. The third-order valence-corrected chi connectivity index (χ3v) is 4.40. The lowest BCUT2D eigenvalue weighted by molar-refractivity contribution is -0.123. The first-order chi connectivity index (χ1) is 12.3. The predicted molar refractivity (Wildman–Crippen MR) is 101 cm³/mol. The summed E-state index contributed by atoms with van der Waals surface area (Å²) in [6, 6.07) is 6.30. The van der Waals surface area contributed by atoms with Crippen LogP contribution in [0.4, 0.5) is 0 Å². The van der Waals surface area contributed by atoms with Crippen LogP contribution in [0.2, 0.25) is 0 Å². The van der Waals surface area contributed by atoms with Gasteiger partial charge >= 0.3 is 0 Å². The molecule has 2 atom stereocenters. The van der Waals surface area contributed by atoms with Crippen LogP contribution in [0.3, 0.4) is 0 Å². The molecular formula is C21H25NO4. The van der Waals surface area contributed by atoms with Crippen molar-refractivity contribution in [1.29, 1.82) is 0 Å². The van der Waals surface area contributed by atoms with Crippen molar-refractivity contribution >= 4 is 17.8 Å². The molecule has 0 spiro atoms. The van der Waals surface area contributed by atoms with Crippen molar-refractivity contribution in [1.82, 2.24) is 5.32 Å². The molecule has 0 aliphatic carbocycles. The zero-order valence-electron chi connectivity index (χ0n) is 15.3. The smallest absolute Gasteiger partial charge is 0.263 e. The maximum atomic E-state index is 12.7. The Bertz CT molecular complexity index is 772. The quantitative estimate of drug-likeness (QED) is 0.512. The number of nitrogens with one attached hydrogen (secondary N) is 1. The van der Waals surface area contributed by atoms with E-state index in [1.807, 2.05) is 13.0 Å². The number of aliphatic hydroxyl groups excluding tert-OH is 1. The monoisotopic (exact) mass is 355 g/mol. The van der Waals surface area contributed by atoms with Gasteiger partial charge in [0.15, 0.2) is 11.5 Å². The van der Waals surface area contributed by atoms with Gasteiger partial charge in [0.05, 0.1) is 5.70 Å². The molecule has 0 aromatic heterocycles. The fourth-order valence-electron chi connectivity index (χ4n) is 2.98. The summed E-state index contributed by atoms with van der Waals surface area (Å²) in [5, 5.41) is 22.2. The van der Waals surface area contributed by atoms with Crippen molar-refractivity contribution in [3.63, 3.8) is 0 Å². The van der Waals surface area contributed by atoms with Crippen LogP contribution in [0.15, 0.2) is 53.4 Å². The number of benzene rings is 1. The van der Waals surface area contributed by atoms with Crippen LogP contribution in [-0.2, 0) is 9.59 Å². The first-order valence-electron chi connectivity index (χ1n) is 8.74.